The van der Waals surface area contributed by atoms with E-state index in [4.69, 9.17) is 5.73 Å². The standard InChI is InChI=1S/C24H46N4O3/c1-6-11-19(22(30)27-20(21(25)29)16-17(2)3)28-23(31)24(4,5)26-15-10-14-18-12-8-7-9-13-18/h17-20,26H,6-16H2,1-5H3,(H2,25,29)(H,27,30)(H,28,31)/t19-,20-/m0/s1. The molecule has 180 valence electrons. The van der Waals surface area contributed by atoms with Crippen LogP contribution in [0.2, 0.25) is 0 Å². The molecule has 0 aliphatic heterocycles. The summed E-state index contributed by atoms with van der Waals surface area (Å²) in [6.45, 7) is 10.4. The lowest BCUT2D eigenvalue weighted by Gasteiger charge is -2.29. The molecule has 0 heterocycles. The third kappa shape index (κ3) is 10.5. The van der Waals surface area contributed by atoms with E-state index < -0.39 is 23.5 Å². The Bertz CT molecular complexity index is 571. The van der Waals surface area contributed by atoms with Crippen LogP contribution < -0.4 is 21.7 Å². The molecule has 1 saturated carbocycles. The third-order valence-electron chi connectivity index (χ3n) is 6.21. The molecular weight excluding hydrogens is 392 g/mol. The van der Waals surface area contributed by atoms with E-state index in [-0.39, 0.29) is 17.7 Å². The minimum Gasteiger partial charge on any atom is -0.368 e. The van der Waals surface area contributed by atoms with Gasteiger partial charge < -0.3 is 21.7 Å². The second kappa shape index (κ2) is 13.7. The van der Waals surface area contributed by atoms with E-state index in [1.807, 2.05) is 34.6 Å². The quantitative estimate of drug-likeness (QED) is 0.312. The minimum atomic E-state index is -0.778. The molecule has 0 radical (unpaired) electrons. The molecule has 7 heteroatoms. The van der Waals surface area contributed by atoms with Gasteiger partial charge in [0.2, 0.25) is 17.7 Å². The van der Waals surface area contributed by atoms with Gasteiger partial charge in [0.05, 0.1) is 5.54 Å². The highest BCUT2D eigenvalue weighted by Crippen LogP contribution is 2.27. The van der Waals surface area contributed by atoms with E-state index in [9.17, 15) is 14.4 Å². The molecule has 31 heavy (non-hydrogen) atoms. The van der Waals surface area contributed by atoms with E-state index in [0.29, 0.717) is 12.8 Å². The molecule has 1 aliphatic rings. The lowest BCUT2D eigenvalue weighted by molar-refractivity contribution is -0.133. The molecule has 0 bridgehead atoms. The fourth-order valence-electron chi connectivity index (χ4n) is 4.23. The molecule has 0 aromatic rings. The van der Waals surface area contributed by atoms with Crippen molar-refractivity contribution in [3.63, 3.8) is 0 Å². The minimum absolute atomic E-state index is 0.210. The van der Waals surface area contributed by atoms with Crippen molar-refractivity contribution in [2.75, 3.05) is 6.54 Å². The smallest absolute Gasteiger partial charge is 0.243 e. The van der Waals surface area contributed by atoms with Crippen LogP contribution in [0.5, 0.6) is 0 Å². The Morgan fingerprint density at radius 1 is 1.03 bits per heavy atom. The topological polar surface area (TPSA) is 113 Å². The van der Waals surface area contributed by atoms with E-state index >= 15 is 0 Å². The summed E-state index contributed by atoms with van der Waals surface area (Å²) < 4.78 is 0. The van der Waals surface area contributed by atoms with Crippen molar-refractivity contribution in [3.8, 4) is 0 Å². The van der Waals surface area contributed by atoms with Crippen LogP contribution in [0.1, 0.15) is 98.8 Å². The van der Waals surface area contributed by atoms with Gasteiger partial charge in [0, 0.05) is 0 Å². The van der Waals surface area contributed by atoms with E-state index in [0.717, 1.165) is 25.3 Å². The zero-order valence-corrected chi connectivity index (χ0v) is 20.4. The van der Waals surface area contributed by atoms with Crippen molar-refractivity contribution in [1.29, 1.82) is 0 Å². The number of rotatable bonds is 14. The molecule has 0 spiro atoms. The summed E-state index contributed by atoms with van der Waals surface area (Å²) in [5.74, 6) is -0.0718. The number of hydrogen-bond donors (Lipinski definition) is 4. The normalized spacial score (nSPS) is 17.2. The first kappa shape index (κ1) is 27.4. The highest BCUT2D eigenvalue weighted by Gasteiger charge is 2.32. The Labute approximate surface area is 189 Å². The van der Waals surface area contributed by atoms with Crippen LogP contribution in [-0.2, 0) is 14.4 Å². The fourth-order valence-corrected chi connectivity index (χ4v) is 4.23. The Morgan fingerprint density at radius 2 is 1.68 bits per heavy atom. The van der Waals surface area contributed by atoms with E-state index in [1.54, 1.807) is 0 Å². The van der Waals surface area contributed by atoms with Gasteiger partial charge in [-0.15, -0.1) is 0 Å². The maximum atomic E-state index is 12.9. The maximum Gasteiger partial charge on any atom is 0.243 e. The summed E-state index contributed by atoms with van der Waals surface area (Å²) in [6, 6.07) is -1.41. The second-order valence-corrected chi connectivity index (χ2v) is 10.1. The Hall–Kier alpha value is -1.63. The number of primary amides is 1. The Kier molecular flexibility index (Phi) is 12.1. The van der Waals surface area contributed by atoms with Crippen LogP contribution in [0, 0.1) is 11.8 Å². The predicted octanol–water partition coefficient (Wildman–Crippen LogP) is 3.02. The van der Waals surface area contributed by atoms with Gasteiger partial charge in [-0.1, -0.05) is 59.3 Å². The van der Waals surface area contributed by atoms with Crippen molar-refractivity contribution in [3.05, 3.63) is 0 Å². The van der Waals surface area contributed by atoms with Crippen molar-refractivity contribution in [2.24, 2.45) is 17.6 Å². The monoisotopic (exact) mass is 438 g/mol. The number of nitrogens with two attached hydrogens (primary N) is 1. The molecule has 0 saturated heterocycles. The Morgan fingerprint density at radius 3 is 2.23 bits per heavy atom. The molecule has 7 nitrogen and oxygen atoms in total. The van der Waals surface area contributed by atoms with Gasteiger partial charge in [-0.05, 0) is 57.9 Å². The molecule has 0 aromatic carbocycles. The molecule has 1 rings (SSSR count). The zero-order chi connectivity index (χ0) is 23.4. The van der Waals surface area contributed by atoms with Crippen LogP contribution in [0.4, 0.5) is 0 Å². The first-order valence-corrected chi connectivity index (χ1v) is 12.2. The number of carbonyl (C=O) groups is 3. The number of amides is 3. The molecule has 1 aliphatic carbocycles. The number of nitrogens with one attached hydrogen (secondary N) is 3. The van der Waals surface area contributed by atoms with Gasteiger partial charge in [0.15, 0.2) is 0 Å². The summed E-state index contributed by atoms with van der Waals surface area (Å²) in [6.07, 6.45) is 10.7. The number of hydrogen-bond acceptors (Lipinski definition) is 4. The average Bonchev–Trinajstić information content (AvgIpc) is 2.70. The first-order valence-electron chi connectivity index (χ1n) is 12.2. The van der Waals surface area contributed by atoms with Crippen molar-refractivity contribution in [1.82, 2.24) is 16.0 Å². The van der Waals surface area contributed by atoms with Gasteiger partial charge in [0.25, 0.3) is 0 Å². The van der Waals surface area contributed by atoms with Gasteiger partial charge in [-0.2, -0.15) is 0 Å². The highest BCUT2D eigenvalue weighted by atomic mass is 16.2. The van der Waals surface area contributed by atoms with Gasteiger partial charge in [0.1, 0.15) is 12.1 Å². The van der Waals surface area contributed by atoms with E-state index in [1.165, 1.54) is 38.5 Å². The fraction of sp³-hybridized carbons (Fsp3) is 0.875. The van der Waals surface area contributed by atoms with Crippen molar-refractivity contribution in [2.45, 2.75) is 116 Å². The summed E-state index contributed by atoms with van der Waals surface area (Å²) in [7, 11) is 0. The van der Waals surface area contributed by atoms with E-state index in [2.05, 4.69) is 16.0 Å². The summed E-state index contributed by atoms with van der Waals surface area (Å²) in [5.41, 5.74) is 4.67. The van der Waals surface area contributed by atoms with Crippen LogP contribution >= 0.6 is 0 Å². The molecule has 1 fully saturated rings. The van der Waals surface area contributed by atoms with Gasteiger partial charge in [-0.25, -0.2) is 0 Å². The average molecular weight is 439 g/mol. The SMILES string of the molecule is CCC[C@H](NC(=O)C(C)(C)NCCCC1CCCCC1)C(=O)N[C@@H](CC(C)C)C(N)=O. The molecule has 0 unspecified atom stereocenters. The van der Waals surface area contributed by atoms with Gasteiger partial charge >= 0.3 is 0 Å². The highest BCUT2D eigenvalue weighted by molar-refractivity contribution is 5.93. The molecule has 3 amide bonds. The predicted molar refractivity (Wildman–Crippen MR) is 125 cm³/mol. The van der Waals surface area contributed by atoms with Crippen molar-refractivity contribution >= 4 is 17.7 Å². The third-order valence-corrected chi connectivity index (χ3v) is 6.21. The summed E-state index contributed by atoms with van der Waals surface area (Å²) in [4.78, 5) is 37.4. The first-order chi connectivity index (χ1) is 14.6. The summed E-state index contributed by atoms with van der Waals surface area (Å²) in [5, 5.41) is 8.96. The number of carbonyl (C=O) groups excluding carboxylic acids is 3. The lowest BCUT2D eigenvalue weighted by Crippen LogP contribution is -2.59. The zero-order valence-electron chi connectivity index (χ0n) is 20.4. The van der Waals surface area contributed by atoms with Gasteiger partial charge in [-0.3, -0.25) is 14.4 Å². The molecular formula is C24H46N4O3. The van der Waals surface area contributed by atoms with Crippen LogP contribution in [0.3, 0.4) is 0 Å². The largest absolute Gasteiger partial charge is 0.368 e. The lowest BCUT2D eigenvalue weighted by atomic mass is 9.86. The van der Waals surface area contributed by atoms with Crippen LogP contribution in [0.15, 0.2) is 0 Å². The Balaban J connectivity index is 2.56. The van der Waals surface area contributed by atoms with Crippen molar-refractivity contribution < 1.29 is 14.4 Å². The summed E-state index contributed by atoms with van der Waals surface area (Å²) >= 11 is 0. The van der Waals surface area contributed by atoms with Crippen LogP contribution in [-0.4, -0.2) is 41.9 Å². The maximum absolute atomic E-state index is 12.9. The molecule has 5 N–H and O–H groups in total. The van der Waals surface area contributed by atoms with Crippen LogP contribution in [0.25, 0.3) is 0 Å². The second-order valence-electron chi connectivity index (χ2n) is 10.1. The molecule has 0 aromatic heterocycles. The molecule has 2 atom stereocenters.